The van der Waals surface area contributed by atoms with Crippen LogP contribution in [-0.4, -0.2) is 37.4 Å². The summed E-state index contributed by atoms with van der Waals surface area (Å²) in [6.45, 7) is 1.57. The van der Waals surface area contributed by atoms with E-state index < -0.39 is 0 Å². The number of hydrogen-bond donors (Lipinski definition) is 1. The van der Waals surface area contributed by atoms with Gasteiger partial charge in [-0.05, 0) is 49.2 Å². The second kappa shape index (κ2) is 9.31. The van der Waals surface area contributed by atoms with Crippen LogP contribution in [0.2, 0.25) is 10.0 Å². The summed E-state index contributed by atoms with van der Waals surface area (Å²) in [6.07, 6.45) is 2.86. The summed E-state index contributed by atoms with van der Waals surface area (Å²) in [5.41, 5.74) is 2.09. The number of carbonyl (C=O) groups is 3. The van der Waals surface area contributed by atoms with Gasteiger partial charge in [0, 0.05) is 66.2 Å². The van der Waals surface area contributed by atoms with Crippen molar-refractivity contribution in [2.75, 3.05) is 29.4 Å². The molecule has 0 bridgehead atoms. The fourth-order valence-corrected chi connectivity index (χ4v) is 5.09. The molecule has 1 aromatic heterocycles. The fourth-order valence-electron chi connectivity index (χ4n) is 4.56. The van der Waals surface area contributed by atoms with Gasteiger partial charge < -0.3 is 19.5 Å². The number of rotatable bonds is 5. The molecule has 0 saturated carbocycles. The standard InChI is InChI=1S/C25H23Cl2N3O4/c26-16-10-20(27)19-12-22(34-21(19)11-16)25(33)28-13-15-9-24(32)30(14-15)18-6-4-17(5-7-18)29-8-2-1-3-23(29)31/h4-7,10-12,15H,1-3,8-9,13-14H2,(H,28,33). The van der Waals surface area contributed by atoms with Crippen molar-refractivity contribution in [2.45, 2.75) is 25.7 Å². The van der Waals surface area contributed by atoms with Crippen molar-refractivity contribution < 1.29 is 18.8 Å². The van der Waals surface area contributed by atoms with E-state index in [9.17, 15) is 14.4 Å². The molecule has 0 aliphatic carbocycles. The molecular formula is C25H23Cl2N3O4. The van der Waals surface area contributed by atoms with Crippen molar-refractivity contribution in [3.63, 3.8) is 0 Å². The summed E-state index contributed by atoms with van der Waals surface area (Å²) < 4.78 is 5.60. The van der Waals surface area contributed by atoms with Gasteiger partial charge in [-0.1, -0.05) is 23.2 Å². The molecule has 2 aliphatic rings. The lowest BCUT2D eigenvalue weighted by Gasteiger charge is -2.27. The van der Waals surface area contributed by atoms with E-state index in [0.717, 1.165) is 30.8 Å². The van der Waals surface area contributed by atoms with Gasteiger partial charge in [0.15, 0.2) is 5.76 Å². The highest BCUT2D eigenvalue weighted by molar-refractivity contribution is 6.38. The van der Waals surface area contributed by atoms with Crippen LogP contribution in [0.1, 0.15) is 36.2 Å². The molecule has 1 unspecified atom stereocenters. The lowest BCUT2D eigenvalue weighted by Crippen LogP contribution is -2.35. The molecule has 5 rings (SSSR count). The zero-order chi connectivity index (χ0) is 23.8. The van der Waals surface area contributed by atoms with E-state index in [1.54, 1.807) is 28.0 Å². The van der Waals surface area contributed by atoms with E-state index in [-0.39, 0.29) is 29.4 Å². The monoisotopic (exact) mass is 499 g/mol. The number of piperidine rings is 1. The zero-order valence-electron chi connectivity index (χ0n) is 18.4. The molecule has 7 nitrogen and oxygen atoms in total. The number of nitrogens with zero attached hydrogens (tertiary/aromatic N) is 2. The molecule has 3 heterocycles. The van der Waals surface area contributed by atoms with Gasteiger partial charge in [0.25, 0.3) is 5.91 Å². The number of halogens is 2. The molecule has 2 fully saturated rings. The molecule has 2 saturated heterocycles. The Kier molecular flexibility index (Phi) is 6.23. The molecule has 176 valence electrons. The number of hydrogen-bond acceptors (Lipinski definition) is 4. The highest BCUT2D eigenvalue weighted by atomic mass is 35.5. The van der Waals surface area contributed by atoms with Crippen LogP contribution in [0.4, 0.5) is 11.4 Å². The predicted molar refractivity (Wildman–Crippen MR) is 132 cm³/mol. The van der Waals surface area contributed by atoms with E-state index in [2.05, 4.69) is 5.32 Å². The quantitative estimate of drug-likeness (QED) is 0.532. The molecule has 9 heteroatoms. The number of amides is 3. The van der Waals surface area contributed by atoms with Gasteiger partial charge >= 0.3 is 0 Å². The Morgan fingerprint density at radius 3 is 2.47 bits per heavy atom. The minimum absolute atomic E-state index is 0.00575. The average molecular weight is 500 g/mol. The van der Waals surface area contributed by atoms with Crippen LogP contribution in [0, 0.1) is 5.92 Å². The molecule has 1 atom stereocenters. The van der Waals surface area contributed by atoms with Crippen LogP contribution < -0.4 is 15.1 Å². The summed E-state index contributed by atoms with van der Waals surface area (Å²) in [5, 5.41) is 4.32. The van der Waals surface area contributed by atoms with Crippen LogP contribution in [-0.2, 0) is 9.59 Å². The minimum atomic E-state index is -0.371. The van der Waals surface area contributed by atoms with Gasteiger partial charge in [-0.15, -0.1) is 0 Å². The average Bonchev–Trinajstić information content (AvgIpc) is 3.42. The summed E-state index contributed by atoms with van der Waals surface area (Å²) in [7, 11) is 0. The molecule has 3 amide bonds. The molecule has 3 aromatic rings. The van der Waals surface area contributed by atoms with Gasteiger partial charge in [0.2, 0.25) is 11.8 Å². The molecular weight excluding hydrogens is 477 g/mol. The number of benzene rings is 2. The molecule has 1 N–H and O–H groups in total. The van der Waals surface area contributed by atoms with E-state index in [0.29, 0.717) is 46.9 Å². The maximum Gasteiger partial charge on any atom is 0.287 e. The topological polar surface area (TPSA) is 82.9 Å². The summed E-state index contributed by atoms with van der Waals surface area (Å²) in [5.74, 6) is -0.108. The summed E-state index contributed by atoms with van der Waals surface area (Å²) in [4.78, 5) is 40.9. The van der Waals surface area contributed by atoms with Crippen molar-refractivity contribution in [3.8, 4) is 0 Å². The third-order valence-corrected chi connectivity index (χ3v) is 6.86. The van der Waals surface area contributed by atoms with Gasteiger partial charge in [0.1, 0.15) is 5.58 Å². The van der Waals surface area contributed by atoms with Crippen LogP contribution in [0.25, 0.3) is 11.0 Å². The van der Waals surface area contributed by atoms with Crippen LogP contribution in [0.3, 0.4) is 0 Å². The van der Waals surface area contributed by atoms with E-state index in [1.165, 1.54) is 0 Å². The number of nitrogens with one attached hydrogen (secondary N) is 1. The maximum absolute atomic E-state index is 12.6. The molecule has 2 aliphatic heterocycles. The first-order valence-electron chi connectivity index (χ1n) is 11.3. The largest absolute Gasteiger partial charge is 0.451 e. The number of furan rings is 1. The second-order valence-corrected chi connectivity index (χ2v) is 9.56. The Morgan fingerprint density at radius 1 is 1.00 bits per heavy atom. The third kappa shape index (κ3) is 4.50. The smallest absolute Gasteiger partial charge is 0.287 e. The Morgan fingerprint density at radius 2 is 1.74 bits per heavy atom. The fraction of sp³-hybridized carbons (Fsp3) is 0.320. The molecule has 34 heavy (non-hydrogen) atoms. The number of carbonyl (C=O) groups excluding carboxylic acids is 3. The van der Waals surface area contributed by atoms with E-state index in [1.807, 2.05) is 24.3 Å². The van der Waals surface area contributed by atoms with Crippen molar-refractivity contribution >= 4 is 63.3 Å². The SMILES string of the molecule is O=C(NCC1CC(=O)N(c2ccc(N3CCCCC3=O)cc2)C1)c1cc2c(Cl)cc(Cl)cc2o1. The van der Waals surface area contributed by atoms with E-state index in [4.69, 9.17) is 27.6 Å². The third-order valence-electron chi connectivity index (χ3n) is 6.33. The van der Waals surface area contributed by atoms with Gasteiger partial charge in [-0.3, -0.25) is 14.4 Å². The van der Waals surface area contributed by atoms with Crippen LogP contribution in [0.5, 0.6) is 0 Å². The predicted octanol–water partition coefficient (Wildman–Crippen LogP) is 5.04. The van der Waals surface area contributed by atoms with Crippen molar-refractivity contribution in [2.24, 2.45) is 5.92 Å². The second-order valence-electron chi connectivity index (χ2n) is 8.71. The Labute approximate surface area is 206 Å². The summed E-state index contributed by atoms with van der Waals surface area (Å²) >= 11 is 12.2. The van der Waals surface area contributed by atoms with Crippen LogP contribution in [0.15, 0.2) is 46.9 Å². The first-order chi connectivity index (χ1) is 16.4. The molecule has 0 spiro atoms. The Bertz CT molecular complexity index is 1270. The highest BCUT2D eigenvalue weighted by Gasteiger charge is 2.31. The number of fused-ring (bicyclic) bond motifs is 1. The minimum Gasteiger partial charge on any atom is -0.451 e. The first kappa shape index (κ1) is 22.7. The Hall–Kier alpha value is -3.03. The van der Waals surface area contributed by atoms with Crippen molar-refractivity contribution in [3.05, 3.63) is 58.3 Å². The lowest BCUT2D eigenvalue weighted by atomic mass is 10.1. The van der Waals surface area contributed by atoms with E-state index >= 15 is 0 Å². The number of anilines is 2. The highest BCUT2D eigenvalue weighted by Crippen LogP contribution is 2.31. The molecule has 2 aromatic carbocycles. The Balaban J connectivity index is 1.20. The van der Waals surface area contributed by atoms with Crippen LogP contribution >= 0.6 is 23.2 Å². The lowest BCUT2D eigenvalue weighted by molar-refractivity contribution is -0.119. The van der Waals surface area contributed by atoms with Gasteiger partial charge in [-0.25, -0.2) is 0 Å². The van der Waals surface area contributed by atoms with Crippen molar-refractivity contribution in [1.29, 1.82) is 0 Å². The maximum atomic E-state index is 12.6. The normalized spacial score (nSPS) is 18.7. The molecule has 0 radical (unpaired) electrons. The first-order valence-corrected chi connectivity index (χ1v) is 12.0. The van der Waals surface area contributed by atoms with Gasteiger partial charge in [0.05, 0.1) is 5.02 Å². The zero-order valence-corrected chi connectivity index (χ0v) is 19.9. The summed E-state index contributed by atoms with van der Waals surface area (Å²) in [6, 6.07) is 12.3. The van der Waals surface area contributed by atoms with Crippen molar-refractivity contribution in [1.82, 2.24) is 5.32 Å². The van der Waals surface area contributed by atoms with Gasteiger partial charge in [-0.2, -0.15) is 0 Å².